The summed E-state index contributed by atoms with van der Waals surface area (Å²) in [6.45, 7) is 2.00. The van der Waals surface area contributed by atoms with Crippen molar-refractivity contribution in [2.45, 2.75) is 6.92 Å². The first-order valence-electron chi connectivity index (χ1n) is 6.10. The molecule has 2 N–H and O–H groups in total. The minimum Gasteiger partial charge on any atom is -0.496 e. The topological polar surface area (TPSA) is 87.3 Å². The minimum absolute atomic E-state index is 0.0106. The maximum Gasteiger partial charge on any atom is 0.357 e. The van der Waals surface area contributed by atoms with Gasteiger partial charge in [-0.05, 0) is 25.1 Å². The molecule has 6 heteroatoms. The molecule has 1 aromatic carbocycles. The van der Waals surface area contributed by atoms with Gasteiger partial charge in [-0.25, -0.2) is 14.8 Å². The minimum atomic E-state index is -0.530. The lowest BCUT2D eigenvalue weighted by molar-refractivity contribution is 0.0519. The van der Waals surface area contributed by atoms with Crippen LogP contribution in [0.25, 0.3) is 11.3 Å². The Balaban J connectivity index is 2.49. The van der Waals surface area contributed by atoms with E-state index in [9.17, 15) is 4.79 Å². The van der Waals surface area contributed by atoms with Crippen molar-refractivity contribution in [2.24, 2.45) is 0 Å². The van der Waals surface area contributed by atoms with Crippen LogP contribution in [0.4, 0.5) is 5.95 Å². The largest absolute Gasteiger partial charge is 0.496 e. The van der Waals surface area contributed by atoms with Gasteiger partial charge in [0.05, 0.1) is 19.4 Å². The number of hydrogen-bond donors (Lipinski definition) is 1. The number of carbonyl (C=O) groups excluding carboxylic acids is 1. The van der Waals surface area contributed by atoms with Crippen molar-refractivity contribution in [3.05, 3.63) is 36.0 Å². The van der Waals surface area contributed by atoms with Gasteiger partial charge in [-0.2, -0.15) is 0 Å². The average Bonchev–Trinajstić information content (AvgIpc) is 2.46. The number of nitrogen functional groups attached to an aromatic ring is 1. The first kappa shape index (κ1) is 13.8. The molecule has 104 valence electrons. The fourth-order valence-electron chi connectivity index (χ4n) is 1.77. The Morgan fingerprint density at radius 1 is 1.30 bits per heavy atom. The SMILES string of the molecule is CCOC(=O)c1cc(-c2ccccc2OC)nc(N)n1. The number of aromatic nitrogens is 2. The van der Waals surface area contributed by atoms with E-state index in [0.717, 1.165) is 5.56 Å². The van der Waals surface area contributed by atoms with Crippen LogP contribution in [-0.4, -0.2) is 29.7 Å². The number of benzene rings is 1. The van der Waals surface area contributed by atoms with Gasteiger partial charge >= 0.3 is 5.97 Å². The summed E-state index contributed by atoms with van der Waals surface area (Å²) >= 11 is 0. The van der Waals surface area contributed by atoms with E-state index in [1.807, 2.05) is 18.2 Å². The fraction of sp³-hybridized carbons (Fsp3) is 0.214. The van der Waals surface area contributed by atoms with Gasteiger partial charge in [0.1, 0.15) is 5.75 Å². The summed E-state index contributed by atoms with van der Waals surface area (Å²) in [6, 6.07) is 8.86. The molecule has 20 heavy (non-hydrogen) atoms. The van der Waals surface area contributed by atoms with Crippen LogP contribution >= 0.6 is 0 Å². The highest BCUT2D eigenvalue weighted by Crippen LogP contribution is 2.28. The molecule has 0 amide bonds. The van der Waals surface area contributed by atoms with Gasteiger partial charge < -0.3 is 15.2 Å². The molecule has 1 aromatic heterocycles. The van der Waals surface area contributed by atoms with Crippen LogP contribution < -0.4 is 10.5 Å². The van der Waals surface area contributed by atoms with Crippen molar-refractivity contribution < 1.29 is 14.3 Å². The van der Waals surface area contributed by atoms with Gasteiger partial charge in [0.15, 0.2) is 5.69 Å². The van der Waals surface area contributed by atoms with Gasteiger partial charge in [0, 0.05) is 5.56 Å². The maximum atomic E-state index is 11.7. The lowest BCUT2D eigenvalue weighted by Crippen LogP contribution is -2.10. The van der Waals surface area contributed by atoms with Crippen molar-refractivity contribution in [3.63, 3.8) is 0 Å². The maximum absolute atomic E-state index is 11.7. The number of carbonyl (C=O) groups is 1. The lowest BCUT2D eigenvalue weighted by atomic mass is 10.1. The number of para-hydroxylation sites is 1. The number of nitrogens with zero attached hydrogens (tertiary/aromatic N) is 2. The standard InChI is InChI=1S/C14H15N3O3/c1-3-20-13(18)11-8-10(16-14(15)17-11)9-6-4-5-7-12(9)19-2/h4-8H,3H2,1-2H3,(H2,15,16,17). The first-order chi connectivity index (χ1) is 9.65. The third-order valence-corrected chi connectivity index (χ3v) is 2.61. The lowest BCUT2D eigenvalue weighted by Gasteiger charge is -2.09. The van der Waals surface area contributed by atoms with E-state index in [4.69, 9.17) is 15.2 Å². The van der Waals surface area contributed by atoms with Gasteiger partial charge in [0.2, 0.25) is 5.95 Å². The molecule has 0 fully saturated rings. The Labute approximate surface area is 116 Å². The Hall–Kier alpha value is -2.63. The van der Waals surface area contributed by atoms with E-state index in [1.54, 1.807) is 20.1 Å². The summed E-state index contributed by atoms with van der Waals surface area (Å²) in [5.41, 5.74) is 7.02. The highest BCUT2D eigenvalue weighted by atomic mass is 16.5. The predicted molar refractivity (Wildman–Crippen MR) is 74.4 cm³/mol. The van der Waals surface area contributed by atoms with Crippen LogP contribution in [-0.2, 0) is 4.74 Å². The zero-order valence-corrected chi connectivity index (χ0v) is 11.3. The van der Waals surface area contributed by atoms with Gasteiger partial charge in [-0.3, -0.25) is 0 Å². The number of esters is 1. The molecular formula is C14H15N3O3. The second-order valence-electron chi connectivity index (χ2n) is 3.92. The second kappa shape index (κ2) is 6.01. The quantitative estimate of drug-likeness (QED) is 0.856. The van der Waals surface area contributed by atoms with Crippen LogP contribution in [0, 0.1) is 0 Å². The summed E-state index contributed by atoms with van der Waals surface area (Å²) in [5.74, 6) is 0.120. The molecule has 0 spiro atoms. The zero-order chi connectivity index (χ0) is 14.5. The monoisotopic (exact) mass is 273 g/mol. The molecule has 0 bridgehead atoms. The molecule has 0 atom stereocenters. The molecule has 0 radical (unpaired) electrons. The number of hydrogen-bond acceptors (Lipinski definition) is 6. The van der Waals surface area contributed by atoms with Crippen LogP contribution in [0.15, 0.2) is 30.3 Å². The average molecular weight is 273 g/mol. The van der Waals surface area contributed by atoms with Crippen molar-refractivity contribution in [3.8, 4) is 17.0 Å². The summed E-state index contributed by atoms with van der Waals surface area (Å²) in [4.78, 5) is 19.8. The number of anilines is 1. The summed E-state index contributed by atoms with van der Waals surface area (Å²) < 4.78 is 10.2. The molecule has 0 unspecified atom stereocenters. The van der Waals surface area contributed by atoms with E-state index >= 15 is 0 Å². The van der Waals surface area contributed by atoms with Crippen molar-refractivity contribution in [2.75, 3.05) is 19.5 Å². The van der Waals surface area contributed by atoms with E-state index in [2.05, 4.69) is 9.97 Å². The number of nitrogens with two attached hydrogens (primary N) is 1. The molecule has 2 rings (SSSR count). The Morgan fingerprint density at radius 3 is 2.75 bits per heavy atom. The van der Waals surface area contributed by atoms with Crippen molar-refractivity contribution in [1.82, 2.24) is 9.97 Å². The van der Waals surface area contributed by atoms with Crippen LogP contribution in [0.1, 0.15) is 17.4 Å². The van der Waals surface area contributed by atoms with Crippen LogP contribution in [0.2, 0.25) is 0 Å². The summed E-state index contributed by atoms with van der Waals surface area (Å²) in [6.07, 6.45) is 0. The highest BCUT2D eigenvalue weighted by Gasteiger charge is 2.14. The molecule has 0 aliphatic heterocycles. The van der Waals surface area contributed by atoms with Crippen LogP contribution in [0.3, 0.4) is 0 Å². The molecule has 1 heterocycles. The molecule has 0 saturated heterocycles. The fourth-order valence-corrected chi connectivity index (χ4v) is 1.77. The summed E-state index contributed by atoms with van der Waals surface area (Å²) in [7, 11) is 1.57. The van der Waals surface area contributed by atoms with Crippen LogP contribution in [0.5, 0.6) is 5.75 Å². The van der Waals surface area contributed by atoms with Gasteiger partial charge in [0.25, 0.3) is 0 Å². The Kier molecular flexibility index (Phi) is 4.14. The van der Waals surface area contributed by atoms with Crippen molar-refractivity contribution in [1.29, 1.82) is 0 Å². The van der Waals surface area contributed by atoms with Gasteiger partial charge in [-0.1, -0.05) is 12.1 Å². The predicted octanol–water partition coefficient (Wildman–Crippen LogP) is 1.91. The molecule has 6 nitrogen and oxygen atoms in total. The van der Waals surface area contributed by atoms with E-state index in [1.165, 1.54) is 6.07 Å². The third-order valence-electron chi connectivity index (χ3n) is 2.61. The van der Waals surface area contributed by atoms with E-state index in [0.29, 0.717) is 11.4 Å². The highest BCUT2D eigenvalue weighted by molar-refractivity contribution is 5.89. The normalized spacial score (nSPS) is 10.1. The molecule has 2 aromatic rings. The zero-order valence-electron chi connectivity index (χ0n) is 11.3. The number of rotatable bonds is 4. The summed E-state index contributed by atoms with van der Waals surface area (Å²) in [5, 5.41) is 0. The molecule has 0 saturated carbocycles. The number of ether oxygens (including phenoxy) is 2. The third kappa shape index (κ3) is 2.85. The van der Waals surface area contributed by atoms with E-state index < -0.39 is 5.97 Å². The second-order valence-corrected chi connectivity index (χ2v) is 3.92. The Morgan fingerprint density at radius 2 is 2.05 bits per heavy atom. The Bertz CT molecular complexity index is 629. The molecule has 0 aliphatic rings. The number of methoxy groups -OCH3 is 1. The van der Waals surface area contributed by atoms with Gasteiger partial charge in [-0.15, -0.1) is 0 Å². The smallest absolute Gasteiger partial charge is 0.357 e. The van der Waals surface area contributed by atoms with E-state index in [-0.39, 0.29) is 18.2 Å². The molecular weight excluding hydrogens is 258 g/mol. The van der Waals surface area contributed by atoms with Crippen molar-refractivity contribution >= 4 is 11.9 Å². The first-order valence-corrected chi connectivity index (χ1v) is 6.10. The molecule has 0 aliphatic carbocycles.